The maximum Gasteiger partial charge on any atom is 0.340 e. The lowest BCUT2D eigenvalue weighted by Gasteiger charge is -2.14. The van der Waals surface area contributed by atoms with Gasteiger partial charge in [0.05, 0.1) is 11.6 Å². The Morgan fingerprint density at radius 2 is 1.59 bits per heavy atom. The summed E-state index contributed by atoms with van der Waals surface area (Å²) in [6.45, 7) is -0.214. The van der Waals surface area contributed by atoms with E-state index in [2.05, 4.69) is 10.0 Å². The van der Waals surface area contributed by atoms with Gasteiger partial charge in [0, 0.05) is 4.91 Å². The molecular formula is C21H17N3O3. The van der Waals surface area contributed by atoms with E-state index in [0.717, 1.165) is 11.1 Å². The number of carbonyl (C=O) groups is 1. The summed E-state index contributed by atoms with van der Waals surface area (Å²) < 4.78 is 10.6. The highest BCUT2D eigenvalue weighted by atomic mass is 16.7. The van der Waals surface area contributed by atoms with Gasteiger partial charge in [0.25, 0.3) is 0 Å². The molecule has 0 N–H and O–H groups in total. The summed E-state index contributed by atoms with van der Waals surface area (Å²) in [5.41, 5.74) is 11.0. The van der Waals surface area contributed by atoms with Crippen LogP contribution in [0.3, 0.4) is 0 Å². The molecule has 3 rings (SSSR count). The molecule has 0 bridgehead atoms. The molecule has 0 saturated carbocycles. The Morgan fingerprint density at radius 1 is 0.926 bits per heavy atom. The number of carbonyl (C=O) groups excluding carboxylic acids is 1. The fourth-order valence-electron chi connectivity index (χ4n) is 2.60. The maximum atomic E-state index is 11.9. The second-order valence-electron chi connectivity index (χ2n) is 5.65. The Kier molecular flexibility index (Phi) is 6.07. The van der Waals surface area contributed by atoms with Crippen molar-refractivity contribution in [1.82, 2.24) is 0 Å². The Balaban J connectivity index is 1.68. The van der Waals surface area contributed by atoms with E-state index in [-0.39, 0.29) is 6.79 Å². The zero-order chi connectivity index (χ0) is 18.9. The molecule has 6 nitrogen and oxygen atoms in total. The SMILES string of the molecule is [N-]=[N+]=NC(c1ccccc1)c1cccc(OCOC(=O)c2ccccc2)c1. The van der Waals surface area contributed by atoms with E-state index in [1.165, 1.54) is 0 Å². The van der Waals surface area contributed by atoms with E-state index < -0.39 is 12.0 Å². The number of azide groups is 1. The van der Waals surface area contributed by atoms with Gasteiger partial charge in [-0.1, -0.05) is 65.8 Å². The van der Waals surface area contributed by atoms with Gasteiger partial charge in [0.2, 0.25) is 6.79 Å². The van der Waals surface area contributed by atoms with Gasteiger partial charge >= 0.3 is 5.97 Å². The minimum atomic E-state index is -0.466. The summed E-state index contributed by atoms with van der Waals surface area (Å²) in [6.07, 6.45) is 0. The highest BCUT2D eigenvalue weighted by Crippen LogP contribution is 2.28. The van der Waals surface area contributed by atoms with Crippen molar-refractivity contribution in [2.75, 3.05) is 6.79 Å². The molecule has 0 aliphatic carbocycles. The quantitative estimate of drug-likeness (QED) is 0.189. The van der Waals surface area contributed by atoms with E-state index in [4.69, 9.17) is 15.0 Å². The second-order valence-corrected chi connectivity index (χ2v) is 5.65. The lowest BCUT2D eigenvalue weighted by Crippen LogP contribution is -2.10. The van der Waals surface area contributed by atoms with Gasteiger partial charge in [-0.05, 0) is 40.9 Å². The summed E-state index contributed by atoms with van der Waals surface area (Å²) >= 11 is 0. The number of esters is 1. The molecule has 3 aromatic rings. The van der Waals surface area contributed by atoms with Gasteiger partial charge in [-0.15, -0.1) is 0 Å². The molecule has 0 radical (unpaired) electrons. The van der Waals surface area contributed by atoms with E-state index >= 15 is 0 Å². The maximum absolute atomic E-state index is 11.9. The van der Waals surface area contributed by atoms with Crippen LogP contribution in [0.15, 0.2) is 90.0 Å². The first kappa shape index (κ1) is 18.0. The zero-order valence-electron chi connectivity index (χ0n) is 14.4. The molecule has 134 valence electrons. The molecule has 0 heterocycles. The summed E-state index contributed by atoms with van der Waals surface area (Å²) in [6, 6.07) is 24.9. The molecule has 0 amide bonds. The van der Waals surface area contributed by atoms with Crippen molar-refractivity contribution in [3.8, 4) is 5.75 Å². The third-order valence-corrected chi connectivity index (χ3v) is 3.88. The zero-order valence-corrected chi connectivity index (χ0v) is 14.4. The first-order valence-electron chi connectivity index (χ1n) is 8.32. The van der Waals surface area contributed by atoms with Crippen LogP contribution in [0, 0.1) is 0 Å². The van der Waals surface area contributed by atoms with Gasteiger partial charge in [-0.3, -0.25) is 0 Å². The van der Waals surface area contributed by atoms with Crippen molar-refractivity contribution in [2.24, 2.45) is 5.11 Å². The van der Waals surface area contributed by atoms with Crippen LogP contribution in [-0.4, -0.2) is 12.8 Å². The van der Waals surface area contributed by atoms with E-state index in [1.807, 2.05) is 42.5 Å². The van der Waals surface area contributed by atoms with Crippen LogP contribution in [0.4, 0.5) is 0 Å². The largest absolute Gasteiger partial charge is 0.457 e. The summed E-state index contributed by atoms with van der Waals surface area (Å²) in [5.74, 6) is 0.0606. The lowest BCUT2D eigenvalue weighted by molar-refractivity contribution is 0.0154. The van der Waals surface area contributed by atoms with Crippen LogP contribution >= 0.6 is 0 Å². The van der Waals surface area contributed by atoms with E-state index in [9.17, 15) is 4.79 Å². The van der Waals surface area contributed by atoms with E-state index in [1.54, 1.807) is 42.5 Å². The minimum absolute atomic E-state index is 0.214. The van der Waals surface area contributed by atoms with E-state index in [0.29, 0.717) is 11.3 Å². The van der Waals surface area contributed by atoms with Crippen LogP contribution in [0.1, 0.15) is 27.5 Å². The molecule has 1 atom stereocenters. The third kappa shape index (κ3) is 4.87. The number of rotatable bonds is 7. The molecule has 0 aliphatic rings. The number of hydrogen-bond acceptors (Lipinski definition) is 4. The van der Waals surface area contributed by atoms with Gasteiger partial charge < -0.3 is 9.47 Å². The first-order chi connectivity index (χ1) is 13.3. The van der Waals surface area contributed by atoms with Gasteiger partial charge in [0.1, 0.15) is 5.75 Å². The minimum Gasteiger partial charge on any atom is -0.457 e. The van der Waals surface area contributed by atoms with Crippen LogP contribution in [0.2, 0.25) is 0 Å². The summed E-state index contributed by atoms with van der Waals surface area (Å²) in [5, 5.41) is 3.89. The van der Waals surface area contributed by atoms with Gasteiger partial charge in [-0.2, -0.15) is 0 Å². The van der Waals surface area contributed by atoms with Crippen molar-refractivity contribution < 1.29 is 14.3 Å². The molecule has 0 saturated heterocycles. The van der Waals surface area contributed by atoms with Crippen molar-refractivity contribution in [2.45, 2.75) is 6.04 Å². The first-order valence-corrected chi connectivity index (χ1v) is 8.32. The van der Waals surface area contributed by atoms with Gasteiger partial charge in [-0.25, -0.2) is 4.79 Å². The standard InChI is InChI=1S/C21H17N3O3/c22-24-23-20(16-8-3-1-4-9-16)18-12-7-13-19(14-18)26-15-27-21(25)17-10-5-2-6-11-17/h1-14,20H,15H2. The average Bonchev–Trinajstić information content (AvgIpc) is 2.73. The summed E-state index contributed by atoms with van der Waals surface area (Å²) in [4.78, 5) is 14.9. The topological polar surface area (TPSA) is 84.3 Å². The van der Waals surface area contributed by atoms with Gasteiger partial charge in [0.15, 0.2) is 0 Å². The lowest BCUT2D eigenvalue weighted by atomic mass is 9.99. The number of hydrogen-bond donors (Lipinski definition) is 0. The molecule has 3 aromatic carbocycles. The van der Waals surface area contributed by atoms with Crippen molar-refractivity contribution in [3.63, 3.8) is 0 Å². The average molecular weight is 359 g/mol. The smallest absolute Gasteiger partial charge is 0.340 e. The van der Waals surface area contributed by atoms with Crippen molar-refractivity contribution in [3.05, 3.63) is 112 Å². The Hall–Kier alpha value is -3.76. The summed E-state index contributed by atoms with van der Waals surface area (Å²) in [7, 11) is 0. The predicted octanol–water partition coefficient (Wildman–Crippen LogP) is 5.28. The Bertz CT molecular complexity index is 939. The fraction of sp³-hybridized carbons (Fsp3) is 0.0952. The molecule has 1 unspecified atom stereocenters. The molecular weight excluding hydrogens is 342 g/mol. The molecule has 0 aliphatic heterocycles. The Labute approximate surface area is 156 Å². The molecule has 0 aromatic heterocycles. The highest BCUT2D eigenvalue weighted by molar-refractivity contribution is 5.89. The van der Waals surface area contributed by atoms with Crippen LogP contribution in [-0.2, 0) is 4.74 Å². The van der Waals surface area contributed by atoms with Crippen molar-refractivity contribution in [1.29, 1.82) is 0 Å². The molecule has 0 spiro atoms. The molecule has 27 heavy (non-hydrogen) atoms. The Morgan fingerprint density at radius 3 is 2.30 bits per heavy atom. The normalized spacial score (nSPS) is 11.1. The third-order valence-electron chi connectivity index (χ3n) is 3.88. The number of benzene rings is 3. The van der Waals surface area contributed by atoms with Crippen LogP contribution in [0.5, 0.6) is 5.75 Å². The fourth-order valence-corrected chi connectivity index (χ4v) is 2.60. The predicted molar refractivity (Wildman–Crippen MR) is 101 cm³/mol. The number of nitrogens with zero attached hydrogens (tertiary/aromatic N) is 3. The second kappa shape index (κ2) is 9.08. The van der Waals surface area contributed by atoms with Crippen LogP contribution < -0.4 is 4.74 Å². The monoisotopic (exact) mass is 359 g/mol. The van der Waals surface area contributed by atoms with Crippen molar-refractivity contribution >= 4 is 5.97 Å². The molecule has 0 fully saturated rings. The number of ether oxygens (including phenoxy) is 2. The molecule has 6 heteroatoms. The highest BCUT2D eigenvalue weighted by Gasteiger charge is 2.13. The van der Waals surface area contributed by atoms with Crippen LogP contribution in [0.25, 0.3) is 10.4 Å².